The van der Waals surface area contributed by atoms with E-state index in [4.69, 9.17) is 5.26 Å². The number of nitrogens with zero attached hydrogens (tertiary/aromatic N) is 2. The third-order valence-electron chi connectivity index (χ3n) is 2.58. The molecule has 0 bridgehead atoms. The molecule has 1 saturated heterocycles. The topological polar surface area (TPSA) is 27.0 Å². The van der Waals surface area contributed by atoms with Crippen LogP contribution in [-0.2, 0) is 0 Å². The molecule has 2 atom stereocenters. The van der Waals surface area contributed by atoms with Crippen molar-refractivity contribution in [3.05, 3.63) is 0 Å². The van der Waals surface area contributed by atoms with Crippen molar-refractivity contribution in [2.75, 3.05) is 19.6 Å². The van der Waals surface area contributed by atoms with Gasteiger partial charge in [0.2, 0.25) is 0 Å². The van der Waals surface area contributed by atoms with Gasteiger partial charge in [-0.15, -0.1) is 0 Å². The number of likely N-dealkylation sites (tertiary alicyclic amines) is 1. The Morgan fingerprint density at radius 3 is 2.92 bits per heavy atom. The van der Waals surface area contributed by atoms with Gasteiger partial charge in [0.15, 0.2) is 0 Å². The van der Waals surface area contributed by atoms with Gasteiger partial charge in [-0.3, -0.25) is 4.90 Å². The van der Waals surface area contributed by atoms with Crippen molar-refractivity contribution in [2.24, 2.45) is 5.92 Å². The van der Waals surface area contributed by atoms with Gasteiger partial charge in [-0.1, -0.05) is 13.3 Å². The van der Waals surface area contributed by atoms with E-state index in [-0.39, 0.29) is 5.92 Å². The minimum atomic E-state index is -0.725. The molecule has 0 aliphatic carbocycles. The molecule has 0 spiro atoms. The van der Waals surface area contributed by atoms with Crippen LogP contribution in [0.5, 0.6) is 0 Å². The maximum absolute atomic E-state index is 13.3. The van der Waals surface area contributed by atoms with Crippen LogP contribution in [0.25, 0.3) is 0 Å². The van der Waals surface area contributed by atoms with Crippen molar-refractivity contribution >= 4 is 0 Å². The van der Waals surface area contributed by atoms with E-state index < -0.39 is 6.17 Å². The van der Waals surface area contributed by atoms with Gasteiger partial charge < -0.3 is 0 Å². The average Bonchev–Trinajstić information content (AvgIpc) is 2.05. The van der Waals surface area contributed by atoms with Crippen molar-refractivity contribution in [1.29, 1.82) is 5.26 Å². The van der Waals surface area contributed by atoms with Crippen LogP contribution in [0.1, 0.15) is 19.8 Å². The van der Waals surface area contributed by atoms with Crippen LogP contribution in [-0.4, -0.2) is 30.7 Å². The second kappa shape index (κ2) is 4.42. The highest BCUT2D eigenvalue weighted by Crippen LogP contribution is 2.22. The number of rotatable bonds is 2. The highest BCUT2D eigenvalue weighted by atomic mass is 19.1. The molecule has 1 heterocycles. The lowest BCUT2D eigenvalue weighted by molar-refractivity contribution is 0.0916. The molecule has 0 aromatic heterocycles. The second-order valence-corrected chi connectivity index (χ2v) is 3.37. The zero-order valence-corrected chi connectivity index (χ0v) is 7.46. The first kappa shape index (κ1) is 9.47. The Morgan fingerprint density at radius 2 is 2.42 bits per heavy atom. The lowest BCUT2D eigenvalue weighted by atomic mass is 9.93. The minimum absolute atomic E-state index is 0.222. The molecule has 0 aromatic rings. The van der Waals surface area contributed by atoms with Crippen LogP contribution in [0, 0.1) is 17.2 Å². The van der Waals surface area contributed by atoms with Crippen LogP contribution >= 0.6 is 0 Å². The van der Waals surface area contributed by atoms with Crippen LogP contribution in [0.3, 0.4) is 0 Å². The van der Waals surface area contributed by atoms with Crippen molar-refractivity contribution in [1.82, 2.24) is 4.90 Å². The zero-order valence-electron chi connectivity index (χ0n) is 7.46. The molecular weight excluding hydrogens is 155 g/mol. The first-order valence-electron chi connectivity index (χ1n) is 4.51. The van der Waals surface area contributed by atoms with E-state index in [2.05, 4.69) is 6.07 Å². The smallest absolute Gasteiger partial charge is 0.116 e. The van der Waals surface area contributed by atoms with E-state index in [9.17, 15) is 4.39 Å². The Hall–Kier alpha value is -0.620. The summed E-state index contributed by atoms with van der Waals surface area (Å²) in [5.74, 6) is 0.222. The lowest BCUT2D eigenvalue weighted by Crippen LogP contribution is -2.41. The summed E-state index contributed by atoms with van der Waals surface area (Å²) in [6.45, 7) is 3.73. The number of hydrogen-bond acceptors (Lipinski definition) is 2. The molecule has 1 fully saturated rings. The van der Waals surface area contributed by atoms with Crippen molar-refractivity contribution in [3.8, 4) is 6.07 Å². The fraction of sp³-hybridized carbons (Fsp3) is 0.889. The minimum Gasteiger partial charge on any atom is -0.288 e. The molecule has 2 nitrogen and oxygen atoms in total. The molecule has 0 aromatic carbocycles. The number of piperidine rings is 1. The summed E-state index contributed by atoms with van der Waals surface area (Å²) < 4.78 is 13.3. The monoisotopic (exact) mass is 170 g/mol. The Balaban J connectivity index is 2.36. The number of alkyl halides is 1. The van der Waals surface area contributed by atoms with Gasteiger partial charge in [-0.25, -0.2) is 4.39 Å². The molecule has 68 valence electrons. The van der Waals surface area contributed by atoms with Gasteiger partial charge >= 0.3 is 0 Å². The molecule has 0 N–H and O–H groups in total. The summed E-state index contributed by atoms with van der Waals surface area (Å²) in [6.07, 6.45) is 1.10. The first-order valence-corrected chi connectivity index (χ1v) is 4.51. The molecule has 1 rings (SSSR count). The normalized spacial score (nSPS) is 31.4. The van der Waals surface area contributed by atoms with Gasteiger partial charge in [0.25, 0.3) is 0 Å². The van der Waals surface area contributed by atoms with Crippen molar-refractivity contribution in [3.63, 3.8) is 0 Å². The first-order chi connectivity index (χ1) is 5.77. The molecule has 2 unspecified atom stereocenters. The van der Waals surface area contributed by atoms with Crippen LogP contribution in [0.4, 0.5) is 4.39 Å². The largest absolute Gasteiger partial charge is 0.288 e. The van der Waals surface area contributed by atoms with E-state index in [1.807, 2.05) is 11.8 Å². The fourth-order valence-corrected chi connectivity index (χ4v) is 1.72. The molecule has 1 aliphatic rings. The molecule has 1 aliphatic heterocycles. The van der Waals surface area contributed by atoms with E-state index in [1.165, 1.54) is 0 Å². The summed E-state index contributed by atoms with van der Waals surface area (Å²) in [7, 11) is 0. The summed E-state index contributed by atoms with van der Waals surface area (Å²) in [6, 6.07) is 2.05. The molecule has 3 heteroatoms. The number of hydrogen-bond donors (Lipinski definition) is 0. The van der Waals surface area contributed by atoms with Crippen molar-refractivity contribution < 1.29 is 4.39 Å². The van der Waals surface area contributed by atoms with Gasteiger partial charge in [0.05, 0.1) is 12.6 Å². The number of nitriles is 1. The van der Waals surface area contributed by atoms with Crippen LogP contribution in [0.2, 0.25) is 0 Å². The highest BCUT2D eigenvalue weighted by molar-refractivity contribution is 4.84. The van der Waals surface area contributed by atoms with Gasteiger partial charge in [0, 0.05) is 6.54 Å². The summed E-state index contributed by atoms with van der Waals surface area (Å²) >= 11 is 0. The van der Waals surface area contributed by atoms with Gasteiger partial charge in [-0.2, -0.15) is 5.26 Å². The molecule has 0 saturated carbocycles. The third-order valence-corrected chi connectivity index (χ3v) is 2.58. The second-order valence-electron chi connectivity index (χ2n) is 3.37. The maximum Gasteiger partial charge on any atom is 0.116 e. The van der Waals surface area contributed by atoms with E-state index in [0.717, 1.165) is 19.4 Å². The van der Waals surface area contributed by atoms with Crippen LogP contribution in [0.15, 0.2) is 0 Å². The third kappa shape index (κ3) is 2.18. The number of halogens is 1. The molecule has 0 amide bonds. The van der Waals surface area contributed by atoms with E-state index in [0.29, 0.717) is 13.1 Å². The Kier molecular flexibility index (Phi) is 3.48. The fourth-order valence-electron chi connectivity index (χ4n) is 1.72. The van der Waals surface area contributed by atoms with Crippen LogP contribution < -0.4 is 0 Å². The molecule has 12 heavy (non-hydrogen) atoms. The SMILES string of the molecule is CCC1CCN(CC#N)CC1F. The lowest BCUT2D eigenvalue weighted by Gasteiger charge is -2.32. The Bertz CT molecular complexity index is 176. The Morgan fingerprint density at radius 1 is 1.67 bits per heavy atom. The van der Waals surface area contributed by atoms with E-state index >= 15 is 0 Å². The average molecular weight is 170 g/mol. The zero-order chi connectivity index (χ0) is 8.97. The standard InChI is InChI=1S/C9H15FN2/c1-2-8-3-5-12(6-4-11)7-9(8)10/h8-9H,2-3,5-7H2,1H3. The predicted octanol–water partition coefficient (Wildman–Crippen LogP) is 1.58. The summed E-state index contributed by atoms with van der Waals surface area (Å²) in [4.78, 5) is 1.89. The quantitative estimate of drug-likeness (QED) is 0.588. The summed E-state index contributed by atoms with van der Waals surface area (Å²) in [5.41, 5.74) is 0. The Labute approximate surface area is 73.0 Å². The van der Waals surface area contributed by atoms with Gasteiger partial charge in [0.1, 0.15) is 6.17 Å². The molecular formula is C9H15FN2. The maximum atomic E-state index is 13.3. The van der Waals surface area contributed by atoms with Gasteiger partial charge in [-0.05, 0) is 18.9 Å². The van der Waals surface area contributed by atoms with Crippen molar-refractivity contribution in [2.45, 2.75) is 25.9 Å². The highest BCUT2D eigenvalue weighted by Gasteiger charge is 2.27. The molecule has 0 radical (unpaired) electrons. The van der Waals surface area contributed by atoms with E-state index in [1.54, 1.807) is 0 Å². The summed E-state index contributed by atoms with van der Waals surface area (Å²) in [5, 5.41) is 8.41. The predicted molar refractivity (Wildman–Crippen MR) is 45.3 cm³/mol.